The molecule has 3 heteroatoms. The minimum absolute atomic E-state index is 0.659. The lowest BCUT2D eigenvalue weighted by molar-refractivity contribution is -0.109. The van der Waals surface area contributed by atoms with E-state index in [4.69, 9.17) is 0 Å². The highest BCUT2D eigenvalue weighted by molar-refractivity contribution is 7.80. The maximum absolute atomic E-state index is 9.42. The summed E-state index contributed by atoms with van der Waals surface area (Å²) in [6.07, 6.45) is 0.663. The topological polar surface area (TPSA) is 29.1 Å². The van der Waals surface area contributed by atoms with Gasteiger partial charge in [-0.3, -0.25) is 4.79 Å². The molecule has 2 nitrogen and oxygen atoms in total. The van der Waals surface area contributed by atoms with Gasteiger partial charge in [0.1, 0.15) is 0 Å². The summed E-state index contributed by atoms with van der Waals surface area (Å²) in [5, 5.41) is 2.44. The third-order valence-corrected chi connectivity index (χ3v) is 0.563. The number of hydrogen-bond donors (Lipinski definition) is 2. The Morgan fingerprint density at radius 1 is 1.83 bits per heavy atom. The molecule has 0 atom stereocenters. The summed E-state index contributed by atoms with van der Waals surface area (Å²) in [5.74, 6) is 0.707. The van der Waals surface area contributed by atoms with Crippen molar-refractivity contribution >= 4 is 19.0 Å². The lowest BCUT2D eigenvalue weighted by Gasteiger charge is -1.85. The van der Waals surface area contributed by atoms with E-state index in [9.17, 15) is 4.79 Å². The van der Waals surface area contributed by atoms with Crippen LogP contribution in [-0.2, 0) is 4.79 Å². The summed E-state index contributed by atoms with van der Waals surface area (Å²) in [7, 11) is 0. The Labute approximate surface area is 42.3 Å². The Balaban J connectivity index is 2.49. The molecule has 0 fully saturated rings. The van der Waals surface area contributed by atoms with Crippen molar-refractivity contribution in [2.75, 3.05) is 12.3 Å². The van der Waals surface area contributed by atoms with Gasteiger partial charge in [-0.25, -0.2) is 0 Å². The van der Waals surface area contributed by atoms with Crippen LogP contribution >= 0.6 is 12.6 Å². The van der Waals surface area contributed by atoms with Crippen LogP contribution in [0.5, 0.6) is 0 Å². The van der Waals surface area contributed by atoms with Crippen LogP contribution in [0.3, 0.4) is 0 Å². The molecule has 6 heavy (non-hydrogen) atoms. The Hall–Kier alpha value is -0.180. The second kappa shape index (κ2) is 4.82. The molecule has 0 aromatic rings. The molecule has 0 saturated heterocycles. The van der Waals surface area contributed by atoms with Crippen molar-refractivity contribution in [1.29, 1.82) is 0 Å². The van der Waals surface area contributed by atoms with Crippen molar-refractivity contribution in [2.24, 2.45) is 0 Å². The molecule has 0 aliphatic rings. The smallest absolute Gasteiger partial charge is 0.207 e. The summed E-state index contributed by atoms with van der Waals surface area (Å²) in [4.78, 5) is 9.42. The number of carbonyl (C=O) groups excluding carboxylic acids is 1. The maximum Gasteiger partial charge on any atom is 0.207 e. The Morgan fingerprint density at radius 2 is 2.50 bits per heavy atom. The number of amides is 1. The van der Waals surface area contributed by atoms with Crippen LogP contribution < -0.4 is 5.32 Å². The van der Waals surface area contributed by atoms with Crippen LogP contribution in [0, 0.1) is 0 Å². The van der Waals surface area contributed by atoms with Crippen LogP contribution in [0.1, 0.15) is 0 Å². The summed E-state index contributed by atoms with van der Waals surface area (Å²) in [5.41, 5.74) is 0. The molecule has 1 amide bonds. The number of rotatable bonds is 3. The first-order chi connectivity index (χ1) is 2.91. The van der Waals surface area contributed by atoms with E-state index in [0.717, 1.165) is 0 Å². The monoisotopic (exact) mass is 105 g/mol. The fraction of sp³-hybridized carbons (Fsp3) is 0.667. The van der Waals surface area contributed by atoms with E-state index in [1.165, 1.54) is 0 Å². The largest absolute Gasteiger partial charge is 0.358 e. The molecule has 0 bridgehead atoms. The van der Waals surface area contributed by atoms with Crippen molar-refractivity contribution in [1.82, 2.24) is 5.32 Å². The van der Waals surface area contributed by atoms with Gasteiger partial charge in [0.15, 0.2) is 0 Å². The van der Waals surface area contributed by atoms with Crippen LogP contribution in [0.15, 0.2) is 0 Å². The SMILES string of the molecule is O=CNCCS. The second-order valence-corrected chi connectivity index (χ2v) is 1.24. The molecular formula is C3H7NOS. The average molecular weight is 105 g/mol. The second-order valence-electron chi connectivity index (χ2n) is 0.796. The van der Waals surface area contributed by atoms with Gasteiger partial charge in [-0.1, -0.05) is 0 Å². The van der Waals surface area contributed by atoms with Crippen molar-refractivity contribution in [3.8, 4) is 0 Å². The normalized spacial score (nSPS) is 7.50. The van der Waals surface area contributed by atoms with Gasteiger partial charge >= 0.3 is 0 Å². The minimum Gasteiger partial charge on any atom is -0.358 e. The van der Waals surface area contributed by atoms with E-state index >= 15 is 0 Å². The van der Waals surface area contributed by atoms with Gasteiger partial charge in [0.2, 0.25) is 6.41 Å². The third-order valence-electron chi connectivity index (χ3n) is 0.339. The number of carbonyl (C=O) groups is 1. The highest BCUT2D eigenvalue weighted by Crippen LogP contribution is 1.63. The molecule has 0 aromatic carbocycles. The van der Waals surface area contributed by atoms with Gasteiger partial charge < -0.3 is 5.32 Å². The molecule has 0 saturated carbocycles. The zero-order valence-corrected chi connectivity index (χ0v) is 4.24. The van der Waals surface area contributed by atoms with Crippen molar-refractivity contribution in [3.63, 3.8) is 0 Å². The zero-order valence-electron chi connectivity index (χ0n) is 3.35. The van der Waals surface area contributed by atoms with Gasteiger partial charge in [0, 0.05) is 12.3 Å². The van der Waals surface area contributed by atoms with E-state index < -0.39 is 0 Å². The van der Waals surface area contributed by atoms with Crippen molar-refractivity contribution < 1.29 is 4.79 Å². The molecule has 0 rings (SSSR count). The molecule has 0 aliphatic heterocycles. The lowest BCUT2D eigenvalue weighted by Crippen LogP contribution is -2.12. The summed E-state index contributed by atoms with van der Waals surface area (Å²) < 4.78 is 0. The molecule has 0 aliphatic carbocycles. The van der Waals surface area contributed by atoms with Crippen LogP contribution in [-0.4, -0.2) is 18.7 Å². The van der Waals surface area contributed by atoms with Gasteiger partial charge in [-0.2, -0.15) is 12.6 Å². The van der Waals surface area contributed by atoms with Gasteiger partial charge in [0.05, 0.1) is 0 Å². The third kappa shape index (κ3) is 3.82. The molecular weight excluding hydrogens is 98.1 g/mol. The molecule has 0 radical (unpaired) electrons. The Morgan fingerprint density at radius 3 is 2.67 bits per heavy atom. The highest BCUT2D eigenvalue weighted by Gasteiger charge is 1.70. The van der Waals surface area contributed by atoms with E-state index in [1.54, 1.807) is 0 Å². The van der Waals surface area contributed by atoms with Crippen LogP contribution in [0.2, 0.25) is 0 Å². The van der Waals surface area contributed by atoms with Gasteiger partial charge in [-0.05, 0) is 0 Å². The molecule has 0 unspecified atom stereocenters. The quantitative estimate of drug-likeness (QED) is 0.287. The van der Waals surface area contributed by atoms with Crippen molar-refractivity contribution in [3.05, 3.63) is 0 Å². The van der Waals surface area contributed by atoms with E-state index in [2.05, 4.69) is 17.9 Å². The number of thiol groups is 1. The molecule has 36 valence electrons. The van der Waals surface area contributed by atoms with Crippen molar-refractivity contribution in [2.45, 2.75) is 0 Å². The van der Waals surface area contributed by atoms with E-state index in [-0.39, 0.29) is 0 Å². The van der Waals surface area contributed by atoms with Crippen LogP contribution in [0.4, 0.5) is 0 Å². The molecule has 0 heterocycles. The first-order valence-corrected chi connectivity index (χ1v) is 2.33. The van der Waals surface area contributed by atoms with E-state index in [1.807, 2.05) is 0 Å². The highest BCUT2D eigenvalue weighted by atomic mass is 32.1. The van der Waals surface area contributed by atoms with Gasteiger partial charge in [0.25, 0.3) is 0 Å². The predicted molar refractivity (Wildman–Crippen MR) is 27.9 cm³/mol. The fourth-order valence-electron chi connectivity index (χ4n) is 0.123. The Bertz CT molecular complexity index is 39.8. The predicted octanol–water partition coefficient (Wildman–Crippen LogP) is -0.338. The Kier molecular flexibility index (Phi) is 4.68. The number of nitrogens with one attached hydrogen (secondary N) is 1. The molecule has 0 aromatic heterocycles. The molecule has 0 spiro atoms. The lowest BCUT2D eigenvalue weighted by atomic mass is 10.8. The summed E-state index contributed by atoms with van der Waals surface area (Å²) in [6, 6.07) is 0. The summed E-state index contributed by atoms with van der Waals surface area (Å²) >= 11 is 3.83. The van der Waals surface area contributed by atoms with Crippen LogP contribution in [0.25, 0.3) is 0 Å². The average Bonchev–Trinajstić information content (AvgIpc) is 1.61. The fourth-order valence-corrected chi connectivity index (χ4v) is 0.253. The van der Waals surface area contributed by atoms with E-state index in [0.29, 0.717) is 18.7 Å². The van der Waals surface area contributed by atoms with Gasteiger partial charge in [-0.15, -0.1) is 0 Å². The zero-order chi connectivity index (χ0) is 4.83. The first-order valence-electron chi connectivity index (χ1n) is 1.69. The maximum atomic E-state index is 9.42. The molecule has 1 N–H and O–H groups in total. The number of hydrogen-bond acceptors (Lipinski definition) is 2. The minimum atomic E-state index is 0.659. The summed E-state index contributed by atoms with van der Waals surface area (Å²) in [6.45, 7) is 0.659. The standard InChI is InChI=1S/C3H7NOS/c5-3-4-1-2-6/h3,6H,1-2H2,(H,4,5). The first kappa shape index (κ1) is 5.82.